The van der Waals surface area contributed by atoms with Crippen LogP contribution in [0.25, 0.3) is 0 Å². The molecule has 80 valence electrons. The Labute approximate surface area is 85.6 Å². The Bertz CT molecular complexity index is 225. The first kappa shape index (κ1) is 9.97. The molecule has 2 aliphatic carbocycles. The van der Waals surface area contributed by atoms with Crippen LogP contribution in [0.1, 0.15) is 32.1 Å². The molecule has 0 radical (unpaired) electrons. The van der Waals surface area contributed by atoms with Crippen molar-refractivity contribution in [3.05, 3.63) is 0 Å². The third-order valence-corrected chi connectivity index (χ3v) is 3.72. The Kier molecular flexibility index (Phi) is 2.77. The molecule has 1 amide bonds. The Hall–Kier alpha value is -0.570. The van der Waals surface area contributed by atoms with Crippen LogP contribution in [0, 0.1) is 11.8 Å². The zero-order chi connectivity index (χ0) is 10.1. The number of carbonyl (C=O) groups is 1. The molecule has 0 spiro atoms. The van der Waals surface area contributed by atoms with E-state index in [0.29, 0.717) is 24.4 Å². The van der Waals surface area contributed by atoms with Crippen molar-refractivity contribution < 1.29 is 4.79 Å². The fourth-order valence-corrected chi connectivity index (χ4v) is 2.55. The number of nitrogens with zero attached hydrogens (tertiary/aromatic N) is 1. The lowest BCUT2D eigenvalue weighted by atomic mass is 9.95. The number of carbonyl (C=O) groups excluding carboxylic acids is 1. The van der Waals surface area contributed by atoms with E-state index in [0.717, 1.165) is 12.8 Å². The van der Waals surface area contributed by atoms with Gasteiger partial charge in [0, 0.05) is 19.0 Å². The van der Waals surface area contributed by atoms with Gasteiger partial charge >= 0.3 is 0 Å². The van der Waals surface area contributed by atoms with E-state index < -0.39 is 0 Å². The summed E-state index contributed by atoms with van der Waals surface area (Å²) in [6.07, 6.45) is 5.77. The molecular weight excluding hydrogens is 176 g/mol. The molecule has 0 aromatic carbocycles. The predicted molar refractivity (Wildman–Crippen MR) is 55.7 cm³/mol. The van der Waals surface area contributed by atoms with E-state index in [1.807, 2.05) is 11.9 Å². The molecule has 0 aromatic heterocycles. The summed E-state index contributed by atoms with van der Waals surface area (Å²) in [6, 6.07) is 0.543. The highest BCUT2D eigenvalue weighted by molar-refractivity contribution is 5.79. The summed E-state index contributed by atoms with van der Waals surface area (Å²) < 4.78 is 0. The van der Waals surface area contributed by atoms with Crippen molar-refractivity contribution in [3.8, 4) is 0 Å². The van der Waals surface area contributed by atoms with Crippen molar-refractivity contribution in [2.75, 3.05) is 13.6 Å². The summed E-state index contributed by atoms with van der Waals surface area (Å²) in [7, 11) is 1.95. The molecule has 0 bridgehead atoms. The van der Waals surface area contributed by atoms with Crippen molar-refractivity contribution in [1.29, 1.82) is 0 Å². The highest BCUT2D eigenvalue weighted by Gasteiger charge is 2.38. The Balaban J connectivity index is 1.95. The zero-order valence-electron chi connectivity index (χ0n) is 8.91. The number of nitrogens with two attached hydrogens (primary N) is 1. The summed E-state index contributed by atoms with van der Waals surface area (Å²) in [5.41, 5.74) is 5.68. The van der Waals surface area contributed by atoms with Gasteiger partial charge in [-0.3, -0.25) is 4.79 Å². The van der Waals surface area contributed by atoms with E-state index in [1.54, 1.807) is 0 Å². The van der Waals surface area contributed by atoms with Crippen LogP contribution in [0.4, 0.5) is 0 Å². The van der Waals surface area contributed by atoms with Crippen molar-refractivity contribution >= 4 is 5.91 Å². The Morgan fingerprint density at radius 1 is 1.36 bits per heavy atom. The van der Waals surface area contributed by atoms with Crippen LogP contribution in [0.2, 0.25) is 0 Å². The van der Waals surface area contributed by atoms with Crippen LogP contribution >= 0.6 is 0 Å². The maximum absolute atomic E-state index is 12.1. The summed E-state index contributed by atoms with van der Waals surface area (Å²) in [4.78, 5) is 14.0. The molecule has 0 saturated heterocycles. The smallest absolute Gasteiger partial charge is 0.225 e. The van der Waals surface area contributed by atoms with Gasteiger partial charge in [0.1, 0.15) is 0 Å². The number of hydrogen-bond acceptors (Lipinski definition) is 2. The topological polar surface area (TPSA) is 46.3 Å². The molecule has 3 nitrogen and oxygen atoms in total. The minimum Gasteiger partial charge on any atom is -0.343 e. The molecule has 0 heterocycles. The van der Waals surface area contributed by atoms with Crippen molar-refractivity contribution in [1.82, 2.24) is 4.90 Å². The molecule has 2 atom stereocenters. The van der Waals surface area contributed by atoms with Crippen LogP contribution < -0.4 is 5.73 Å². The second kappa shape index (κ2) is 3.89. The van der Waals surface area contributed by atoms with Crippen LogP contribution in [0.15, 0.2) is 0 Å². The lowest BCUT2D eigenvalue weighted by Crippen LogP contribution is -2.37. The Morgan fingerprint density at radius 3 is 2.64 bits per heavy atom. The monoisotopic (exact) mass is 196 g/mol. The van der Waals surface area contributed by atoms with Gasteiger partial charge in [0.25, 0.3) is 0 Å². The molecular formula is C11H20N2O. The standard InChI is InChI=1S/C11H20N2O/c1-13(9-5-6-9)11(14)10-4-2-3-8(10)7-12/h8-10H,2-7,12H2,1H3. The van der Waals surface area contributed by atoms with Gasteiger partial charge < -0.3 is 10.6 Å². The van der Waals surface area contributed by atoms with E-state index in [-0.39, 0.29) is 5.92 Å². The SMILES string of the molecule is CN(C(=O)C1CCCC1CN)C1CC1. The first-order chi connectivity index (χ1) is 6.74. The third kappa shape index (κ3) is 1.78. The molecule has 3 heteroatoms. The van der Waals surface area contributed by atoms with Crippen LogP contribution in [-0.2, 0) is 4.79 Å². The molecule has 2 unspecified atom stereocenters. The van der Waals surface area contributed by atoms with Gasteiger partial charge in [-0.15, -0.1) is 0 Å². The quantitative estimate of drug-likeness (QED) is 0.731. The summed E-state index contributed by atoms with van der Waals surface area (Å²) in [6.45, 7) is 0.676. The van der Waals surface area contributed by atoms with Gasteiger partial charge in [0.05, 0.1) is 0 Å². The molecule has 14 heavy (non-hydrogen) atoms. The first-order valence-electron chi connectivity index (χ1n) is 5.70. The minimum absolute atomic E-state index is 0.227. The molecule has 2 fully saturated rings. The zero-order valence-corrected chi connectivity index (χ0v) is 8.91. The fraction of sp³-hybridized carbons (Fsp3) is 0.909. The van der Waals surface area contributed by atoms with E-state index in [9.17, 15) is 4.79 Å². The first-order valence-corrected chi connectivity index (χ1v) is 5.70. The molecule has 2 N–H and O–H groups in total. The summed E-state index contributed by atoms with van der Waals surface area (Å²) in [5.74, 6) is 1.02. The van der Waals surface area contributed by atoms with Gasteiger partial charge in [0.2, 0.25) is 5.91 Å². The van der Waals surface area contributed by atoms with Gasteiger partial charge in [-0.1, -0.05) is 6.42 Å². The van der Waals surface area contributed by atoms with Crippen molar-refractivity contribution in [3.63, 3.8) is 0 Å². The second-order valence-corrected chi connectivity index (χ2v) is 4.71. The highest BCUT2D eigenvalue weighted by atomic mass is 16.2. The van der Waals surface area contributed by atoms with E-state index in [4.69, 9.17) is 5.73 Å². The maximum atomic E-state index is 12.1. The third-order valence-electron chi connectivity index (χ3n) is 3.72. The number of amides is 1. The van der Waals surface area contributed by atoms with Crippen LogP contribution in [0.3, 0.4) is 0 Å². The molecule has 2 aliphatic rings. The van der Waals surface area contributed by atoms with Gasteiger partial charge in [-0.2, -0.15) is 0 Å². The van der Waals surface area contributed by atoms with Gasteiger partial charge in [0.15, 0.2) is 0 Å². The summed E-state index contributed by atoms with van der Waals surface area (Å²) in [5, 5.41) is 0. The molecule has 0 aliphatic heterocycles. The second-order valence-electron chi connectivity index (χ2n) is 4.71. The predicted octanol–water partition coefficient (Wildman–Crippen LogP) is 0.982. The molecule has 0 aromatic rings. The van der Waals surface area contributed by atoms with Crippen molar-refractivity contribution in [2.24, 2.45) is 17.6 Å². The normalized spacial score (nSPS) is 31.9. The van der Waals surface area contributed by atoms with E-state index in [2.05, 4.69) is 0 Å². The highest BCUT2D eigenvalue weighted by Crippen LogP contribution is 2.35. The lowest BCUT2D eigenvalue weighted by molar-refractivity contribution is -0.135. The molecule has 2 saturated carbocycles. The summed E-state index contributed by atoms with van der Waals surface area (Å²) >= 11 is 0. The maximum Gasteiger partial charge on any atom is 0.225 e. The average Bonchev–Trinajstić information content (AvgIpc) is 2.94. The largest absolute Gasteiger partial charge is 0.343 e. The lowest BCUT2D eigenvalue weighted by Gasteiger charge is -2.24. The van der Waals surface area contributed by atoms with Crippen molar-refractivity contribution in [2.45, 2.75) is 38.1 Å². The van der Waals surface area contributed by atoms with E-state index >= 15 is 0 Å². The van der Waals surface area contributed by atoms with Gasteiger partial charge in [-0.25, -0.2) is 0 Å². The average molecular weight is 196 g/mol. The number of hydrogen-bond donors (Lipinski definition) is 1. The van der Waals surface area contributed by atoms with Crippen LogP contribution in [0.5, 0.6) is 0 Å². The van der Waals surface area contributed by atoms with Crippen LogP contribution in [-0.4, -0.2) is 30.4 Å². The van der Waals surface area contributed by atoms with Gasteiger partial charge in [-0.05, 0) is 38.1 Å². The number of rotatable bonds is 3. The fourth-order valence-electron chi connectivity index (χ4n) is 2.55. The minimum atomic E-state index is 0.227. The Morgan fingerprint density at radius 2 is 2.07 bits per heavy atom. The van der Waals surface area contributed by atoms with E-state index in [1.165, 1.54) is 19.3 Å². The molecule has 2 rings (SSSR count).